The predicted molar refractivity (Wildman–Crippen MR) is 79.2 cm³/mol. The van der Waals surface area contributed by atoms with Crippen molar-refractivity contribution in [1.29, 1.82) is 0 Å². The summed E-state index contributed by atoms with van der Waals surface area (Å²) in [7, 11) is 4.10. The van der Waals surface area contributed by atoms with Crippen LogP contribution >= 0.6 is 12.2 Å². The summed E-state index contributed by atoms with van der Waals surface area (Å²) in [4.78, 5) is 24.5. The molecule has 0 heterocycles. The number of fused-ring (bicyclic) bond motifs is 1. The zero-order chi connectivity index (χ0) is 15.6. The van der Waals surface area contributed by atoms with Gasteiger partial charge in [0.2, 0.25) is 11.5 Å². The van der Waals surface area contributed by atoms with Crippen molar-refractivity contribution in [1.82, 2.24) is 0 Å². The summed E-state index contributed by atoms with van der Waals surface area (Å²) in [6, 6.07) is 5.16. The summed E-state index contributed by atoms with van der Waals surface area (Å²) in [6.07, 6.45) is -0.00661. The van der Waals surface area contributed by atoms with Crippen molar-refractivity contribution in [3.63, 3.8) is 0 Å². The van der Waals surface area contributed by atoms with Crippen molar-refractivity contribution in [2.75, 3.05) is 21.3 Å². The Kier molecular flexibility index (Phi) is 4.37. The summed E-state index contributed by atoms with van der Waals surface area (Å²) < 4.78 is 15.0. The van der Waals surface area contributed by atoms with Crippen molar-refractivity contribution in [2.24, 2.45) is 0 Å². The van der Waals surface area contributed by atoms with Gasteiger partial charge in [0.15, 0.2) is 5.76 Å². The summed E-state index contributed by atoms with van der Waals surface area (Å²) >= 11 is 5.35. The molecule has 0 spiro atoms. The molecule has 21 heavy (non-hydrogen) atoms. The normalized spacial score (nSPS) is 13.9. The Labute approximate surface area is 127 Å². The molecule has 0 fully saturated rings. The molecule has 5 nitrogen and oxygen atoms in total. The molecule has 0 unspecified atom stereocenters. The van der Waals surface area contributed by atoms with Gasteiger partial charge in [0, 0.05) is 11.1 Å². The molecule has 1 aliphatic carbocycles. The van der Waals surface area contributed by atoms with Gasteiger partial charge in [-0.2, -0.15) is 0 Å². The first-order chi connectivity index (χ1) is 10.0. The van der Waals surface area contributed by atoms with Crippen LogP contribution in [0.25, 0.3) is 0 Å². The van der Waals surface area contributed by atoms with Crippen LogP contribution in [0.3, 0.4) is 0 Å². The molecule has 1 aromatic rings. The highest BCUT2D eigenvalue weighted by Gasteiger charge is 2.33. The molecular weight excluding hydrogens is 292 g/mol. The lowest BCUT2D eigenvalue weighted by Crippen LogP contribution is -2.25. The van der Waals surface area contributed by atoms with Crippen LogP contribution in [0.4, 0.5) is 0 Å². The minimum atomic E-state index is -0.428. The first kappa shape index (κ1) is 15.2. The zero-order valence-corrected chi connectivity index (χ0v) is 12.7. The molecule has 6 heteroatoms. The van der Waals surface area contributed by atoms with Crippen LogP contribution in [0, 0.1) is 0 Å². The molecule has 0 aromatic heterocycles. The molecule has 1 aromatic carbocycles. The lowest BCUT2D eigenvalue weighted by atomic mass is 9.88. The third-order valence-corrected chi connectivity index (χ3v) is 3.62. The van der Waals surface area contributed by atoms with Crippen LogP contribution in [0.5, 0.6) is 0 Å². The van der Waals surface area contributed by atoms with Crippen molar-refractivity contribution in [2.45, 2.75) is 6.42 Å². The van der Waals surface area contributed by atoms with Gasteiger partial charge in [-0.1, -0.05) is 30.4 Å². The lowest BCUT2D eigenvalue weighted by molar-refractivity contribution is -0.139. The van der Waals surface area contributed by atoms with Crippen LogP contribution in [0.2, 0.25) is 0 Å². The Morgan fingerprint density at radius 3 is 2.38 bits per heavy atom. The fraction of sp³-hybridized carbons (Fsp3) is 0.267. The van der Waals surface area contributed by atoms with E-state index in [1.807, 2.05) is 0 Å². The Morgan fingerprint density at radius 2 is 1.81 bits per heavy atom. The average Bonchev–Trinajstić information content (AvgIpc) is 2.50. The fourth-order valence-electron chi connectivity index (χ4n) is 2.25. The van der Waals surface area contributed by atoms with E-state index in [0.29, 0.717) is 21.6 Å². The number of Topliss-reactive ketones (excluding diaryl/α,β-unsaturated/α-hetero) is 1. The zero-order valence-electron chi connectivity index (χ0n) is 11.9. The smallest absolute Gasteiger partial charge is 0.310 e. The van der Waals surface area contributed by atoms with Crippen molar-refractivity contribution < 1.29 is 23.8 Å². The lowest BCUT2D eigenvalue weighted by Gasteiger charge is -2.22. The van der Waals surface area contributed by atoms with E-state index < -0.39 is 5.97 Å². The molecule has 0 atom stereocenters. The number of benzene rings is 1. The van der Waals surface area contributed by atoms with Crippen LogP contribution < -0.4 is 0 Å². The van der Waals surface area contributed by atoms with Gasteiger partial charge in [0.05, 0.1) is 32.6 Å². The van der Waals surface area contributed by atoms with Crippen LogP contribution in [0.1, 0.15) is 21.5 Å². The maximum atomic E-state index is 12.6. The topological polar surface area (TPSA) is 61.8 Å². The Hall–Kier alpha value is -2.21. The highest BCUT2D eigenvalue weighted by molar-refractivity contribution is 7.81. The molecular formula is C15H14O5S. The summed E-state index contributed by atoms with van der Waals surface area (Å²) in [6.45, 7) is 0. The molecule has 0 amide bonds. The number of ether oxygens (including phenoxy) is 3. The minimum absolute atomic E-state index is 0.00661. The van der Waals surface area contributed by atoms with Crippen LogP contribution in [-0.2, 0) is 25.4 Å². The Morgan fingerprint density at radius 1 is 1.14 bits per heavy atom. The molecule has 0 saturated heterocycles. The predicted octanol–water partition coefficient (Wildman–Crippen LogP) is 1.82. The van der Waals surface area contributed by atoms with E-state index >= 15 is 0 Å². The number of allylic oxidation sites excluding steroid dienone is 2. The monoisotopic (exact) mass is 306 g/mol. The van der Waals surface area contributed by atoms with Gasteiger partial charge in [-0.05, 0) is 5.56 Å². The standard InChI is InChI=1S/C15H14O5S/c1-18-10(16)7-8-5-4-6-9-11(8)12(17)13(19-2)14(20-3)15(9)21/h4-6H,7H2,1-3H3. The highest BCUT2D eigenvalue weighted by atomic mass is 32.1. The van der Waals surface area contributed by atoms with Gasteiger partial charge in [0.1, 0.15) is 0 Å². The van der Waals surface area contributed by atoms with Gasteiger partial charge < -0.3 is 14.2 Å². The number of carbonyl (C=O) groups is 2. The number of esters is 1. The van der Waals surface area contributed by atoms with Crippen molar-refractivity contribution in [3.8, 4) is 0 Å². The molecule has 110 valence electrons. The molecule has 1 aliphatic rings. The van der Waals surface area contributed by atoms with Gasteiger partial charge in [-0.15, -0.1) is 0 Å². The van der Waals surface area contributed by atoms with Crippen molar-refractivity contribution in [3.05, 3.63) is 46.4 Å². The number of rotatable bonds is 4. The first-order valence-electron chi connectivity index (χ1n) is 6.15. The number of ketones is 1. The van der Waals surface area contributed by atoms with E-state index in [0.717, 1.165) is 0 Å². The van der Waals surface area contributed by atoms with Crippen LogP contribution in [-0.4, -0.2) is 37.9 Å². The largest absolute Gasteiger partial charge is 0.491 e. The molecule has 0 saturated carbocycles. The molecule has 0 bridgehead atoms. The second kappa shape index (κ2) is 6.05. The third kappa shape index (κ3) is 2.54. The van der Waals surface area contributed by atoms with Crippen LogP contribution in [0.15, 0.2) is 29.7 Å². The van der Waals surface area contributed by atoms with Gasteiger partial charge in [-0.3, -0.25) is 9.59 Å². The molecule has 0 radical (unpaired) electrons. The van der Waals surface area contributed by atoms with E-state index in [9.17, 15) is 9.59 Å². The van der Waals surface area contributed by atoms with E-state index in [1.165, 1.54) is 21.3 Å². The number of thiocarbonyl (C=S) groups is 1. The summed E-state index contributed by atoms with van der Waals surface area (Å²) in [5, 5.41) is 0. The maximum Gasteiger partial charge on any atom is 0.310 e. The quantitative estimate of drug-likeness (QED) is 0.624. The maximum absolute atomic E-state index is 12.6. The highest BCUT2D eigenvalue weighted by Crippen LogP contribution is 2.30. The Bertz CT molecular complexity index is 660. The second-order valence-electron chi connectivity index (χ2n) is 4.32. The number of hydrogen-bond acceptors (Lipinski definition) is 6. The number of carbonyl (C=O) groups excluding carboxylic acids is 2. The Balaban J connectivity index is 2.61. The van der Waals surface area contributed by atoms with E-state index in [1.54, 1.807) is 18.2 Å². The van der Waals surface area contributed by atoms with Crippen molar-refractivity contribution >= 4 is 28.8 Å². The molecule has 0 aliphatic heterocycles. The van der Waals surface area contributed by atoms with Gasteiger partial charge in [-0.25, -0.2) is 0 Å². The third-order valence-electron chi connectivity index (χ3n) is 3.21. The molecule has 0 N–H and O–H groups in total. The second-order valence-corrected chi connectivity index (χ2v) is 4.73. The SMILES string of the molecule is COC(=O)Cc1cccc2c1C(=O)C(OC)=C(OC)C2=S. The fourth-order valence-corrected chi connectivity index (χ4v) is 2.59. The summed E-state index contributed by atoms with van der Waals surface area (Å²) in [5.74, 6) is -0.493. The minimum Gasteiger partial charge on any atom is -0.491 e. The first-order valence-corrected chi connectivity index (χ1v) is 6.56. The van der Waals surface area contributed by atoms with Gasteiger partial charge in [0.25, 0.3) is 0 Å². The number of methoxy groups -OCH3 is 3. The van der Waals surface area contributed by atoms with E-state index in [-0.39, 0.29) is 23.7 Å². The molecule has 2 rings (SSSR count). The van der Waals surface area contributed by atoms with Gasteiger partial charge >= 0.3 is 5.97 Å². The van der Waals surface area contributed by atoms with E-state index in [2.05, 4.69) is 4.74 Å². The average molecular weight is 306 g/mol. The van der Waals surface area contributed by atoms with E-state index in [4.69, 9.17) is 21.7 Å². The summed E-state index contributed by atoms with van der Waals surface area (Å²) in [5.41, 5.74) is 1.48. The number of hydrogen-bond donors (Lipinski definition) is 0.